The van der Waals surface area contributed by atoms with Crippen LogP contribution in [-0.2, 0) is 6.18 Å². The van der Waals surface area contributed by atoms with Crippen LogP contribution in [0.3, 0.4) is 0 Å². The number of rotatable bonds is 2. The molecule has 5 nitrogen and oxygen atoms in total. The number of nitrogens with one attached hydrogen (secondary N) is 1. The van der Waals surface area contributed by atoms with Crippen LogP contribution in [0.5, 0.6) is 0 Å². The summed E-state index contributed by atoms with van der Waals surface area (Å²) in [5.41, 5.74) is 4.04. The largest absolute Gasteiger partial charge is 0.416 e. The predicted molar refractivity (Wildman–Crippen MR) is 63.0 cm³/mol. The highest BCUT2D eigenvalue weighted by atomic mass is 79.9. The van der Waals surface area contributed by atoms with Crippen molar-refractivity contribution in [3.63, 3.8) is 0 Å². The first kappa shape index (κ1) is 13.5. The Hall–Kier alpha value is -1.90. The number of benzene rings is 1. The molecule has 3 N–H and O–H groups in total. The summed E-state index contributed by atoms with van der Waals surface area (Å²) in [6, 6.07) is 3.00. The lowest BCUT2D eigenvalue weighted by molar-refractivity contribution is -0.137. The van der Waals surface area contributed by atoms with Gasteiger partial charge in [0.1, 0.15) is 5.69 Å². The number of H-pyrrole nitrogens is 1. The molecule has 1 aromatic carbocycles. The van der Waals surface area contributed by atoms with Crippen molar-refractivity contribution in [2.24, 2.45) is 5.73 Å². The molecule has 0 radical (unpaired) electrons. The third kappa shape index (κ3) is 2.60. The summed E-state index contributed by atoms with van der Waals surface area (Å²) in [5, 5.41) is 9.33. The van der Waals surface area contributed by atoms with Gasteiger partial charge in [-0.15, -0.1) is 0 Å². The van der Waals surface area contributed by atoms with Gasteiger partial charge in [-0.05, 0) is 18.2 Å². The van der Waals surface area contributed by atoms with Crippen molar-refractivity contribution < 1.29 is 18.0 Å². The van der Waals surface area contributed by atoms with Gasteiger partial charge in [0.15, 0.2) is 5.69 Å². The number of hydrogen-bond donors (Lipinski definition) is 2. The van der Waals surface area contributed by atoms with Crippen molar-refractivity contribution in [3.8, 4) is 11.3 Å². The molecule has 19 heavy (non-hydrogen) atoms. The van der Waals surface area contributed by atoms with Crippen molar-refractivity contribution in [1.82, 2.24) is 15.4 Å². The van der Waals surface area contributed by atoms with Gasteiger partial charge in [-0.2, -0.15) is 28.6 Å². The normalized spacial score (nSPS) is 11.6. The van der Waals surface area contributed by atoms with Crippen molar-refractivity contribution in [2.45, 2.75) is 6.18 Å². The van der Waals surface area contributed by atoms with Gasteiger partial charge in [-0.1, -0.05) is 15.9 Å². The number of aromatic amines is 1. The van der Waals surface area contributed by atoms with E-state index in [1.54, 1.807) is 0 Å². The standard InChI is InChI=1S/C10H6BrF3N4O/c11-6-2-1-4(10(12,13)14)3-5(6)7-8(9(15)19)17-18-16-7/h1-3H,(H2,15,19)(H,16,17,18). The Bertz CT molecular complexity index is 638. The number of alkyl halides is 3. The van der Waals surface area contributed by atoms with Crippen LogP contribution in [0.2, 0.25) is 0 Å². The lowest BCUT2D eigenvalue weighted by atomic mass is 10.1. The fourth-order valence-corrected chi connectivity index (χ4v) is 1.91. The van der Waals surface area contributed by atoms with E-state index in [4.69, 9.17) is 5.73 Å². The molecule has 0 saturated carbocycles. The number of aromatic nitrogens is 3. The fourth-order valence-electron chi connectivity index (χ4n) is 1.47. The van der Waals surface area contributed by atoms with E-state index in [-0.39, 0.29) is 17.0 Å². The summed E-state index contributed by atoms with van der Waals surface area (Å²) in [4.78, 5) is 11.1. The van der Waals surface area contributed by atoms with E-state index >= 15 is 0 Å². The molecule has 2 aromatic rings. The lowest BCUT2D eigenvalue weighted by Crippen LogP contribution is -2.13. The second-order valence-electron chi connectivity index (χ2n) is 3.58. The molecule has 0 bridgehead atoms. The summed E-state index contributed by atoms with van der Waals surface area (Å²) in [7, 11) is 0. The summed E-state index contributed by atoms with van der Waals surface area (Å²) in [6.45, 7) is 0. The molecule has 0 aliphatic rings. The lowest BCUT2D eigenvalue weighted by Gasteiger charge is -2.09. The van der Waals surface area contributed by atoms with E-state index in [1.807, 2.05) is 0 Å². The number of carbonyl (C=O) groups is 1. The topological polar surface area (TPSA) is 84.7 Å². The first-order valence-corrected chi connectivity index (χ1v) is 5.67. The second kappa shape index (κ2) is 4.65. The Labute approximate surface area is 113 Å². The summed E-state index contributed by atoms with van der Waals surface area (Å²) in [5.74, 6) is -0.881. The number of primary amides is 1. The monoisotopic (exact) mass is 334 g/mol. The molecule has 1 aromatic heterocycles. The van der Waals surface area contributed by atoms with Crippen LogP contribution in [0.1, 0.15) is 16.1 Å². The van der Waals surface area contributed by atoms with Crippen LogP contribution >= 0.6 is 15.9 Å². The number of nitrogens with two attached hydrogens (primary N) is 1. The van der Waals surface area contributed by atoms with Gasteiger partial charge in [0, 0.05) is 10.0 Å². The molecule has 0 atom stereocenters. The van der Waals surface area contributed by atoms with Gasteiger partial charge in [-0.3, -0.25) is 4.79 Å². The zero-order valence-corrected chi connectivity index (χ0v) is 10.7. The first-order valence-electron chi connectivity index (χ1n) is 4.88. The molecule has 1 heterocycles. The molecular weight excluding hydrogens is 329 g/mol. The number of amides is 1. The minimum absolute atomic E-state index is 0.0366. The van der Waals surface area contributed by atoms with E-state index in [2.05, 4.69) is 31.3 Å². The Morgan fingerprint density at radius 2 is 2.00 bits per heavy atom. The molecule has 2 rings (SSSR count). The average Bonchev–Trinajstić information content (AvgIpc) is 2.76. The molecule has 0 aliphatic heterocycles. The van der Waals surface area contributed by atoms with E-state index in [0.29, 0.717) is 4.47 Å². The van der Waals surface area contributed by atoms with Gasteiger partial charge in [0.2, 0.25) is 0 Å². The number of carbonyl (C=O) groups excluding carboxylic acids is 1. The van der Waals surface area contributed by atoms with Gasteiger partial charge in [0.05, 0.1) is 5.56 Å². The number of hydrogen-bond acceptors (Lipinski definition) is 3. The van der Waals surface area contributed by atoms with E-state index in [0.717, 1.165) is 12.1 Å². The van der Waals surface area contributed by atoms with Crippen LogP contribution in [0.15, 0.2) is 22.7 Å². The molecule has 0 spiro atoms. The molecule has 9 heteroatoms. The maximum Gasteiger partial charge on any atom is 0.416 e. The van der Waals surface area contributed by atoms with Crippen LogP contribution in [0.4, 0.5) is 13.2 Å². The Morgan fingerprint density at radius 3 is 2.58 bits per heavy atom. The van der Waals surface area contributed by atoms with E-state index in [9.17, 15) is 18.0 Å². The Morgan fingerprint density at radius 1 is 1.32 bits per heavy atom. The van der Waals surface area contributed by atoms with Crippen molar-refractivity contribution in [1.29, 1.82) is 0 Å². The van der Waals surface area contributed by atoms with Crippen LogP contribution in [-0.4, -0.2) is 21.3 Å². The molecule has 0 fully saturated rings. The molecule has 100 valence electrons. The summed E-state index contributed by atoms with van der Waals surface area (Å²) >= 11 is 3.10. The highest BCUT2D eigenvalue weighted by Gasteiger charge is 2.31. The van der Waals surface area contributed by atoms with Gasteiger partial charge < -0.3 is 5.73 Å². The van der Waals surface area contributed by atoms with Gasteiger partial charge >= 0.3 is 6.18 Å². The SMILES string of the molecule is NC(=O)c1n[nH]nc1-c1cc(C(F)(F)F)ccc1Br. The predicted octanol–water partition coefficient (Wildman–Crippen LogP) is 2.35. The van der Waals surface area contributed by atoms with Crippen LogP contribution < -0.4 is 5.73 Å². The zero-order chi connectivity index (χ0) is 14.2. The Balaban J connectivity index is 2.62. The molecular formula is C10H6BrF3N4O. The molecule has 0 unspecified atom stereocenters. The van der Waals surface area contributed by atoms with Gasteiger partial charge in [-0.25, -0.2) is 0 Å². The molecule has 0 aliphatic carbocycles. The maximum absolute atomic E-state index is 12.6. The Kier molecular flexibility index (Phi) is 3.31. The van der Waals surface area contributed by atoms with Gasteiger partial charge in [0.25, 0.3) is 5.91 Å². The quantitative estimate of drug-likeness (QED) is 0.884. The first-order chi connectivity index (χ1) is 8.80. The zero-order valence-electron chi connectivity index (χ0n) is 9.12. The maximum atomic E-state index is 12.6. The van der Waals surface area contributed by atoms with Crippen LogP contribution in [0, 0.1) is 0 Å². The van der Waals surface area contributed by atoms with Crippen molar-refractivity contribution in [2.75, 3.05) is 0 Å². The smallest absolute Gasteiger partial charge is 0.364 e. The number of halogens is 4. The highest BCUT2D eigenvalue weighted by Crippen LogP contribution is 2.35. The summed E-state index contributed by atoms with van der Waals surface area (Å²) < 4.78 is 38.3. The molecule has 1 amide bonds. The van der Waals surface area contributed by atoms with Crippen molar-refractivity contribution in [3.05, 3.63) is 33.9 Å². The van der Waals surface area contributed by atoms with E-state index in [1.165, 1.54) is 6.07 Å². The minimum Gasteiger partial charge on any atom is -0.364 e. The second-order valence-corrected chi connectivity index (χ2v) is 4.43. The third-order valence-corrected chi connectivity index (χ3v) is 3.02. The summed E-state index contributed by atoms with van der Waals surface area (Å²) in [6.07, 6.45) is -4.49. The van der Waals surface area contributed by atoms with Crippen LogP contribution in [0.25, 0.3) is 11.3 Å². The third-order valence-electron chi connectivity index (χ3n) is 2.33. The number of nitrogens with zero attached hydrogens (tertiary/aromatic N) is 2. The molecule has 0 saturated heterocycles. The fraction of sp³-hybridized carbons (Fsp3) is 0.100. The minimum atomic E-state index is -4.49. The highest BCUT2D eigenvalue weighted by molar-refractivity contribution is 9.10. The van der Waals surface area contributed by atoms with Crippen molar-refractivity contribution >= 4 is 21.8 Å². The average molecular weight is 335 g/mol. The van der Waals surface area contributed by atoms with E-state index < -0.39 is 17.6 Å².